The molecule has 0 saturated carbocycles. The molecule has 1 aromatic heterocycles. The van der Waals surface area contributed by atoms with Crippen LogP contribution in [0.2, 0.25) is 0 Å². The SMILES string of the molecule is CCC(C)NCc1cccc(-n2cc(I)cn2)c1. The number of nitrogens with one attached hydrogen (secondary N) is 1. The van der Waals surface area contributed by atoms with Crippen LogP contribution in [0.15, 0.2) is 36.7 Å². The van der Waals surface area contributed by atoms with Crippen molar-refractivity contribution in [1.82, 2.24) is 15.1 Å². The largest absolute Gasteiger partial charge is 0.310 e. The second-order valence-corrected chi connectivity index (χ2v) is 5.71. The van der Waals surface area contributed by atoms with E-state index in [0.29, 0.717) is 6.04 Å². The highest BCUT2D eigenvalue weighted by Crippen LogP contribution is 2.12. The molecular weight excluding hydrogens is 337 g/mol. The number of hydrogen-bond donors (Lipinski definition) is 1. The fraction of sp³-hybridized carbons (Fsp3) is 0.357. The highest BCUT2D eigenvalue weighted by molar-refractivity contribution is 14.1. The normalized spacial score (nSPS) is 12.6. The van der Waals surface area contributed by atoms with Crippen LogP contribution in [0, 0.1) is 3.57 Å². The summed E-state index contributed by atoms with van der Waals surface area (Å²) in [5.74, 6) is 0. The lowest BCUT2D eigenvalue weighted by Gasteiger charge is -2.12. The van der Waals surface area contributed by atoms with Crippen LogP contribution in [0.3, 0.4) is 0 Å². The molecule has 2 rings (SSSR count). The summed E-state index contributed by atoms with van der Waals surface area (Å²) in [4.78, 5) is 0. The molecule has 0 radical (unpaired) electrons. The molecular formula is C14H18IN3. The van der Waals surface area contributed by atoms with Crippen molar-refractivity contribution in [2.75, 3.05) is 0 Å². The number of halogens is 1. The minimum atomic E-state index is 0.555. The first-order chi connectivity index (χ1) is 8.69. The van der Waals surface area contributed by atoms with Crippen LogP contribution < -0.4 is 5.32 Å². The number of aromatic nitrogens is 2. The van der Waals surface area contributed by atoms with E-state index >= 15 is 0 Å². The molecule has 0 aliphatic rings. The van der Waals surface area contributed by atoms with E-state index in [0.717, 1.165) is 22.2 Å². The van der Waals surface area contributed by atoms with Crippen LogP contribution in [-0.2, 0) is 6.54 Å². The van der Waals surface area contributed by atoms with E-state index in [1.165, 1.54) is 5.56 Å². The van der Waals surface area contributed by atoms with Gasteiger partial charge in [0.15, 0.2) is 0 Å². The molecule has 1 unspecified atom stereocenters. The number of benzene rings is 1. The van der Waals surface area contributed by atoms with Gasteiger partial charge in [-0.05, 0) is 53.6 Å². The Morgan fingerprint density at radius 2 is 2.28 bits per heavy atom. The van der Waals surface area contributed by atoms with E-state index in [1.807, 2.05) is 17.1 Å². The highest BCUT2D eigenvalue weighted by Gasteiger charge is 2.02. The predicted molar refractivity (Wildman–Crippen MR) is 82.9 cm³/mol. The van der Waals surface area contributed by atoms with Crippen LogP contribution in [-0.4, -0.2) is 15.8 Å². The van der Waals surface area contributed by atoms with Crippen molar-refractivity contribution in [2.45, 2.75) is 32.9 Å². The van der Waals surface area contributed by atoms with Gasteiger partial charge in [0, 0.05) is 18.8 Å². The quantitative estimate of drug-likeness (QED) is 0.834. The molecule has 2 aromatic rings. The topological polar surface area (TPSA) is 29.9 Å². The lowest BCUT2D eigenvalue weighted by molar-refractivity contribution is 0.534. The Morgan fingerprint density at radius 1 is 1.44 bits per heavy atom. The maximum Gasteiger partial charge on any atom is 0.0649 e. The molecule has 1 aromatic carbocycles. The van der Waals surface area contributed by atoms with Gasteiger partial charge in [-0.2, -0.15) is 5.10 Å². The predicted octanol–water partition coefficient (Wildman–Crippen LogP) is 3.37. The fourth-order valence-corrected chi connectivity index (χ4v) is 2.08. The second-order valence-electron chi connectivity index (χ2n) is 4.46. The molecule has 96 valence electrons. The van der Waals surface area contributed by atoms with E-state index in [2.05, 4.69) is 71.1 Å². The molecule has 0 bridgehead atoms. The standard InChI is InChI=1S/C14H18IN3/c1-3-11(2)16-8-12-5-4-6-14(7-12)18-10-13(15)9-17-18/h4-7,9-11,16H,3,8H2,1-2H3. The molecule has 0 aliphatic heterocycles. The van der Waals surface area contributed by atoms with E-state index < -0.39 is 0 Å². The molecule has 0 amide bonds. The number of nitrogens with zero attached hydrogens (tertiary/aromatic N) is 2. The van der Waals surface area contributed by atoms with E-state index in [-0.39, 0.29) is 0 Å². The smallest absolute Gasteiger partial charge is 0.0649 e. The Labute approximate surface area is 122 Å². The van der Waals surface area contributed by atoms with Gasteiger partial charge in [0.05, 0.1) is 15.5 Å². The maximum atomic E-state index is 4.33. The first kappa shape index (κ1) is 13.5. The van der Waals surface area contributed by atoms with Crippen LogP contribution in [0.4, 0.5) is 0 Å². The van der Waals surface area contributed by atoms with Crippen LogP contribution in [0.5, 0.6) is 0 Å². The van der Waals surface area contributed by atoms with Gasteiger partial charge in [0.1, 0.15) is 0 Å². The molecule has 1 heterocycles. The van der Waals surface area contributed by atoms with Crippen molar-refractivity contribution < 1.29 is 0 Å². The summed E-state index contributed by atoms with van der Waals surface area (Å²) in [5.41, 5.74) is 2.40. The highest BCUT2D eigenvalue weighted by atomic mass is 127. The average molecular weight is 355 g/mol. The summed E-state index contributed by atoms with van der Waals surface area (Å²) < 4.78 is 3.06. The minimum Gasteiger partial charge on any atom is -0.310 e. The number of hydrogen-bond acceptors (Lipinski definition) is 2. The zero-order valence-electron chi connectivity index (χ0n) is 10.7. The van der Waals surface area contributed by atoms with Gasteiger partial charge in [-0.25, -0.2) is 4.68 Å². The summed E-state index contributed by atoms with van der Waals surface area (Å²) in [6, 6.07) is 9.04. The molecule has 1 N–H and O–H groups in total. The zero-order chi connectivity index (χ0) is 13.0. The van der Waals surface area contributed by atoms with Crippen molar-refractivity contribution in [3.8, 4) is 5.69 Å². The Hall–Kier alpha value is -0.880. The molecule has 4 heteroatoms. The van der Waals surface area contributed by atoms with Crippen molar-refractivity contribution >= 4 is 22.6 Å². The Kier molecular flexibility index (Phi) is 4.77. The van der Waals surface area contributed by atoms with Gasteiger partial charge >= 0.3 is 0 Å². The molecule has 1 atom stereocenters. The third kappa shape index (κ3) is 3.55. The maximum absolute atomic E-state index is 4.33. The summed E-state index contributed by atoms with van der Waals surface area (Å²) >= 11 is 2.27. The monoisotopic (exact) mass is 355 g/mol. The molecule has 0 spiro atoms. The molecule has 18 heavy (non-hydrogen) atoms. The van der Waals surface area contributed by atoms with Crippen LogP contribution >= 0.6 is 22.6 Å². The minimum absolute atomic E-state index is 0.555. The van der Waals surface area contributed by atoms with E-state index in [4.69, 9.17) is 0 Å². The third-order valence-corrected chi connectivity index (χ3v) is 3.55. The summed E-state index contributed by atoms with van der Waals surface area (Å²) in [6.45, 7) is 5.31. The second kappa shape index (κ2) is 6.33. The average Bonchev–Trinajstić information content (AvgIpc) is 2.83. The fourth-order valence-electron chi connectivity index (χ4n) is 1.69. The van der Waals surface area contributed by atoms with Crippen molar-refractivity contribution in [1.29, 1.82) is 0 Å². The lowest BCUT2D eigenvalue weighted by atomic mass is 10.2. The van der Waals surface area contributed by atoms with Crippen LogP contribution in [0.25, 0.3) is 5.69 Å². The third-order valence-electron chi connectivity index (χ3n) is 2.99. The lowest BCUT2D eigenvalue weighted by Crippen LogP contribution is -2.24. The Bertz CT molecular complexity index is 507. The number of rotatable bonds is 5. The van der Waals surface area contributed by atoms with Gasteiger partial charge in [0.25, 0.3) is 0 Å². The van der Waals surface area contributed by atoms with Gasteiger partial charge in [0.2, 0.25) is 0 Å². The van der Waals surface area contributed by atoms with Crippen LogP contribution in [0.1, 0.15) is 25.8 Å². The van der Waals surface area contributed by atoms with Gasteiger partial charge < -0.3 is 5.32 Å². The van der Waals surface area contributed by atoms with Gasteiger partial charge in [-0.1, -0.05) is 19.1 Å². The zero-order valence-corrected chi connectivity index (χ0v) is 12.9. The van der Waals surface area contributed by atoms with Crippen molar-refractivity contribution in [3.63, 3.8) is 0 Å². The summed E-state index contributed by atoms with van der Waals surface area (Å²) in [5, 5.41) is 7.83. The Morgan fingerprint density at radius 3 is 2.94 bits per heavy atom. The van der Waals surface area contributed by atoms with E-state index in [1.54, 1.807) is 0 Å². The Balaban J connectivity index is 2.10. The first-order valence-corrected chi connectivity index (χ1v) is 7.29. The van der Waals surface area contributed by atoms with Crippen molar-refractivity contribution in [3.05, 3.63) is 45.8 Å². The van der Waals surface area contributed by atoms with Crippen molar-refractivity contribution in [2.24, 2.45) is 0 Å². The summed E-state index contributed by atoms with van der Waals surface area (Å²) in [7, 11) is 0. The first-order valence-electron chi connectivity index (χ1n) is 6.22. The van der Waals surface area contributed by atoms with Gasteiger partial charge in [-0.15, -0.1) is 0 Å². The molecule has 3 nitrogen and oxygen atoms in total. The van der Waals surface area contributed by atoms with Gasteiger partial charge in [-0.3, -0.25) is 0 Å². The molecule has 0 saturated heterocycles. The molecule has 0 fully saturated rings. The summed E-state index contributed by atoms with van der Waals surface area (Å²) in [6.07, 6.45) is 5.05. The molecule has 0 aliphatic carbocycles. The van der Waals surface area contributed by atoms with E-state index in [9.17, 15) is 0 Å².